The monoisotopic (exact) mass is 365 g/mol. The molecular formula is C21H23N3O3. The van der Waals surface area contributed by atoms with Crippen LogP contribution in [0.15, 0.2) is 53.3 Å². The van der Waals surface area contributed by atoms with E-state index in [9.17, 15) is 9.59 Å². The van der Waals surface area contributed by atoms with Crippen LogP contribution in [-0.2, 0) is 6.54 Å². The number of H-pyrrole nitrogens is 2. The van der Waals surface area contributed by atoms with Crippen molar-refractivity contribution in [3.8, 4) is 5.75 Å². The van der Waals surface area contributed by atoms with Gasteiger partial charge in [-0.25, -0.2) is 0 Å². The van der Waals surface area contributed by atoms with Crippen LogP contribution in [0.4, 0.5) is 0 Å². The van der Waals surface area contributed by atoms with Gasteiger partial charge in [-0.2, -0.15) is 0 Å². The average Bonchev–Trinajstić information content (AvgIpc) is 2.98. The maximum atomic E-state index is 12.5. The Labute approximate surface area is 157 Å². The molecular weight excluding hydrogens is 342 g/mol. The summed E-state index contributed by atoms with van der Waals surface area (Å²) in [4.78, 5) is 24.2. The van der Waals surface area contributed by atoms with Gasteiger partial charge < -0.3 is 15.2 Å². The molecule has 0 bridgehead atoms. The Kier molecular flexibility index (Phi) is 5.45. The number of aromatic amines is 2. The van der Waals surface area contributed by atoms with Crippen LogP contribution in [0.25, 0.3) is 0 Å². The summed E-state index contributed by atoms with van der Waals surface area (Å²) >= 11 is 0. The summed E-state index contributed by atoms with van der Waals surface area (Å²) in [6.07, 6.45) is -0.135. The number of hydrogen-bond acceptors (Lipinski definition) is 3. The molecule has 0 saturated heterocycles. The highest BCUT2D eigenvalue weighted by Gasteiger charge is 2.14. The first-order valence-corrected chi connectivity index (χ1v) is 8.82. The molecule has 1 heterocycles. The molecule has 1 atom stereocenters. The van der Waals surface area contributed by atoms with E-state index in [-0.39, 0.29) is 24.1 Å². The zero-order chi connectivity index (χ0) is 19.4. The fraction of sp³-hybridized carbons (Fsp3) is 0.238. The Morgan fingerprint density at radius 2 is 1.85 bits per heavy atom. The van der Waals surface area contributed by atoms with Gasteiger partial charge in [-0.15, -0.1) is 0 Å². The lowest BCUT2D eigenvalue weighted by atomic mass is 10.0. The van der Waals surface area contributed by atoms with Crippen LogP contribution < -0.4 is 15.6 Å². The molecule has 0 spiro atoms. The first-order valence-electron chi connectivity index (χ1n) is 8.82. The van der Waals surface area contributed by atoms with Crippen molar-refractivity contribution in [1.29, 1.82) is 0 Å². The van der Waals surface area contributed by atoms with Crippen LogP contribution in [0.3, 0.4) is 0 Å². The number of ether oxygens (including phenoxy) is 1. The highest BCUT2D eigenvalue weighted by Crippen LogP contribution is 2.23. The molecule has 3 rings (SSSR count). The summed E-state index contributed by atoms with van der Waals surface area (Å²) < 4.78 is 5.94. The highest BCUT2D eigenvalue weighted by atomic mass is 16.5. The first kappa shape index (κ1) is 18.5. The standard InChI is InChI=1S/C21H23N3O3/c1-13-11-16(15(3)27-17-7-5-4-6-8-17)9-10-18(13)20(25)22-12-19-14(2)23-24-21(19)26/h4-11,15H,12H2,1-3H3,(H,22,25)(H2,23,24,26). The van der Waals surface area contributed by atoms with Crippen molar-refractivity contribution < 1.29 is 9.53 Å². The second kappa shape index (κ2) is 7.95. The Morgan fingerprint density at radius 3 is 2.48 bits per heavy atom. The molecule has 3 aromatic rings. The fourth-order valence-corrected chi connectivity index (χ4v) is 2.91. The van der Waals surface area contributed by atoms with E-state index < -0.39 is 0 Å². The van der Waals surface area contributed by atoms with Gasteiger partial charge in [-0.1, -0.05) is 30.3 Å². The highest BCUT2D eigenvalue weighted by molar-refractivity contribution is 5.95. The zero-order valence-corrected chi connectivity index (χ0v) is 15.6. The molecule has 140 valence electrons. The molecule has 0 fully saturated rings. The number of aromatic nitrogens is 2. The SMILES string of the molecule is Cc1cc(C(C)Oc2ccccc2)ccc1C(=O)NCc1c(C)[nH][nH]c1=O. The fourth-order valence-electron chi connectivity index (χ4n) is 2.91. The number of nitrogens with one attached hydrogen (secondary N) is 3. The van der Waals surface area contributed by atoms with Crippen molar-refractivity contribution in [3.05, 3.63) is 86.8 Å². The molecule has 0 saturated carbocycles. The molecule has 2 aromatic carbocycles. The van der Waals surface area contributed by atoms with Gasteiger partial charge in [0.1, 0.15) is 11.9 Å². The smallest absolute Gasteiger partial charge is 0.269 e. The van der Waals surface area contributed by atoms with E-state index in [0.29, 0.717) is 11.1 Å². The van der Waals surface area contributed by atoms with E-state index in [1.165, 1.54) is 0 Å². The Balaban J connectivity index is 1.68. The van der Waals surface area contributed by atoms with Crippen LogP contribution in [0.5, 0.6) is 5.75 Å². The Morgan fingerprint density at radius 1 is 1.11 bits per heavy atom. The Bertz CT molecular complexity index is 989. The summed E-state index contributed by atoms with van der Waals surface area (Å²) in [5, 5.41) is 8.06. The van der Waals surface area contributed by atoms with Crippen molar-refractivity contribution in [1.82, 2.24) is 15.5 Å². The van der Waals surface area contributed by atoms with Crippen molar-refractivity contribution in [2.45, 2.75) is 33.4 Å². The van der Waals surface area contributed by atoms with E-state index in [2.05, 4.69) is 15.5 Å². The number of aryl methyl sites for hydroxylation is 2. The summed E-state index contributed by atoms with van der Waals surface area (Å²) in [7, 11) is 0. The third-order valence-electron chi connectivity index (χ3n) is 4.54. The molecule has 0 aliphatic rings. The van der Waals surface area contributed by atoms with E-state index in [1.54, 1.807) is 13.0 Å². The molecule has 1 amide bonds. The van der Waals surface area contributed by atoms with Gasteiger partial charge in [0.2, 0.25) is 0 Å². The zero-order valence-electron chi connectivity index (χ0n) is 15.6. The number of para-hydroxylation sites is 1. The van der Waals surface area contributed by atoms with E-state index in [0.717, 1.165) is 22.6 Å². The van der Waals surface area contributed by atoms with Gasteiger partial charge in [0, 0.05) is 11.3 Å². The van der Waals surface area contributed by atoms with Crippen molar-refractivity contribution >= 4 is 5.91 Å². The largest absolute Gasteiger partial charge is 0.486 e. The molecule has 1 aromatic heterocycles. The summed E-state index contributed by atoms with van der Waals surface area (Å²) in [6, 6.07) is 15.3. The van der Waals surface area contributed by atoms with Gasteiger partial charge in [0.25, 0.3) is 11.5 Å². The second-order valence-electron chi connectivity index (χ2n) is 6.51. The van der Waals surface area contributed by atoms with E-state index >= 15 is 0 Å². The number of amides is 1. The minimum atomic E-state index is -0.216. The summed E-state index contributed by atoms with van der Waals surface area (Å²) in [5.74, 6) is 0.590. The molecule has 6 heteroatoms. The van der Waals surface area contributed by atoms with E-state index in [1.807, 2.05) is 56.3 Å². The van der Waals surface area contributed by atoms with E-state index in [4.69, 9.17) is 4.74 Å². The molecule has 1 unspecified atom stereocenters. The third kappa shape index (κ3) is 4.28. The maximum Gasteiger partial charge on any atom is 0.269 e. The molecule has 0 radical (unpaired) electrons. The number of hydrogen-bond donors (Lipinski definition) is 3. The predicted octanol–water partition coefficient (Wildman–Crippen LogP) is 3.39. The minimum absolute atomic E-state index is 0.135. The molecule has 0 aliphatic heterocycles. The number of benzene rings is 2. The van der Waals surface area contributed by atoms with Gasteiger partial charge in [0.05, 0.1) is 12.1 Å². The number of rotatable bonds is 6. The van der Waals surface area contributed by atoms with Crippen LogP contribution >= 0.6 is 0 Å². The van der Waals surface area contributed by atoms with Crippen molar-refractivity contribution in [2.75, 3.05) is 0 Å². The minimum Gasteiger partial charge on any atom is -0.486 e. The predicted molar refractivity (Wildman–Crippen MR) is 104 cm³/mol. The topological polar surface area (TPSA) is 87.0 Å². The maximum absolute atomic E-state index is 12.5. The van der Waals surface area contributed by atoms with Crippen LogP contribution in [0, 0.1) is 13.8 Å². The van der Waals surface area contributed by atoms with Gasteiger partial charge >= 0.3 is 0 Å². The lowest BCUT2D eigenvalue weighted by Crippen LogP contribution is -2.26. The molecule has 3 N–H and O–H groups in total. The number of carbonyl (C=O) groups excluding carboxylic acids is 1. The van der Waals surface area contributed by atoms with Gasteiger partial charge in [-0.3, -0.25) is 14.7 Å². The van der Waals surface area contributed by atoms with Gasteiger partial charge in [0.15, 0.2) is 0 Å². The summed E-state index contributed by atoms with van der Waals surface area (Å²) in [5.41, 5.74) is 3.46. The first-order chi connectivity index (χ1) is 13.0. The van der Waals surface area contributed by atoms with Crippen LogP contribution in [0.2, 0.25) is 0 Å². The second-order valence-corrected chi connectivity index (χ2v) is 6.51. The third-order valence-corrected chi connectivity index (χ3v) is 4.54. The van der Waals surface area contributed by atoms with Crippen LogP contribution in [-0.4, -0.2) is 16.1 Å². The molecule has 6 nitrogen and oxygen atoms in total. The lowest BCUT2D eigenvalue weighted by molar-refractivity contribution is 0.0950. The number of carbonyl (C=O) groups is 1. The van der Waals surface area contributed by atoms with Crippen LogP contribution in [0.1, 0.15) is 45.8 Å². The van der Waals surface area contributed by atoms with Gasteiger partial charge in [-0.05, 0) is 50.1 Å². The molecule has 27 heavy (non-hydrogen) atoms. The van der Waals surface area contributed by atoms with Crippen molar-refractivity contribution in [3.63, 3.8) is 0 Å². The Hall–Kier alpha value is -3.28. The van der Waals surface area contributed by atoms with Crippen molar-refractivity contribution in [2.24, 2.45) is 0 Å². The lowest BCUT2D eigenvalue weighted by Gasteiger charge is -2.16. The molecule has 0 aliphatic carbocycles. The average molecular weight is 365 g/mol. The normalized spacial score (nSPS) is 11.8. The summed E-state index contributed by atoms with van der Waals surface area (Å²) in [6.45, 7) is 5.83. The quantitative estimate of drug-likeness (QED) is 0.626.